The van der Waals surface area contributed by atoms with Gasteiger partial charge in [0.25, 0.3) is 0 Å². The Morgan fingerprint density at radius 3 is 2.20 bits per heavy atom. The minimum Gasteiger partial charge on any atom is -0.277 e. The van der Waals surface area contributed by atoms with Crippen LogP contribution in [-0.2, 0) is 0 Å². The number of nitrogens with one attached hydrogen (secondary N) is 1. The van der Waals surface area contributed by atoms with Gasteiger partial charge >= 0.3 is 0 Å². The van der Waals surface area contributed by atoms with E-state index in [2.05, 4.69) is 60.4 Å². The average Bonchev–Trinajstić information content (AvgIpc) is 2.97. The van der Waals surface area contributed by atoms with E-state index in [1.54, 1.807) is 0 Å². The molecule has 3 aromatic rings. The molecule has 0 amide bonds. The molecule has 0 aliphatic heterocycles. The first-order valence-electron chi connectivity index (χ1n) is 6.95. The van der Waals surface area contributed by atoms with Crippen molar-refractivity contribution in [2.45, 2.75) is 19.8 Å². The molecule has 2 heteroatoms. The second kappa shape index (κ2) is 5.33. The molecule has 1 N–H and O–H groups in total. The lowest BCUT2D eigenvalue weighted by Crippen LogP contribution is -1.87. The minimum absolute atomic E-state index is 0.557. The fraction of sp³-hybridized carbons (Fsp3) is 0.167. The number of rotatable bonds is 3. The van der Waals surface area contributed by atoms with Gasteiger partial charge in [0, 0.05) is 11.1 Å². The summed E-state index contributed by atoms with van der Waals surface area (Å²) in [6.45, 7) is 4.42. The molecule has 0 saturated heterocycles. The number of hydrogen-bond acceptors (Lipinski definition) is 1. The number of nitrogens with zero attached hydrogens (tertiary/aromatic N) is 1. The Labute approximate surface area is 119 Å². The molecule has 0 unspecified atom stereocenters. The Bertz CT molecular complexity index is 679. The average molecular weight is 262 g/mol. The minimum atomic E-state index is 0.557. The molecular formula is C18H18N2. The topological polar surface area (TPSA) is 28.7 Å². The second-order valence-electron chi connectivity index (χ2n) is 5.30. The highest BCUT2D eigenvalue weighted by Crippen LogP contribution is 2.30. The van der Waals surface area contributed by atoms with Crippen LogP contribution in [0.3, 0.4) is 0 Å². The summed E-state index contributed by atoms with van der Waals surface area (Å²) in [6, 6.07) is 19.0. The normalized spacial score (nSPS) is 10.9. The van der Waals surface area contributed by atoms with Crippen molar-refractivity contribution in [2.24, 2.45) is 0 Å². The molecule has 0 fully saturated rings. The van der Waals surface area contributed by atoms with E-state index < -0.39 is 0 Å². The van der Waals surface area contributed by atoms with Crippen molar-refractivity contribution < 1.29 is 0 Å². The highest BCUT2D eigenvalue weighted by atomic mass is 15.1. The van der Waals surface area contributed by atoms with Gasteiger partial charge < -0.3 is 0 Å². The number of aromatic nitrogens is 2. The van der Waals surface area contributed by atoms with E-state index in [9.17, 15) is 0 Å². The molecule has 100 valence electrons. The lowest BCUT2D eigenvalue weighted by atomic mass is 9.97. The SMILES string of the molecule is CC(C)c1ccc(-c2cn[nH]c2-c2ccccc2)cc1. The quantitative estimate of drug-likeness (QED) is 0.717. The molecular weight excluding hydrogens is 244 g/mol. The van der Waals surface area contributed by atoms with E-state index >= 15 is 0 Å². The van der Waals surface area contributed by atoms with Gasteiger partial charge in [-0.15, -0.1) is 0 Å². The molecule has 2 aromatic carbocycles. The fourth-order valence-corrected chi connectivity index (χ4v) is 2.38. The van der Waals surface area contributed by atoms with Crippen molar-refractivity contribution >= 4 is 0 Å². The maximum atomic E-state index is 4.21. The van der Waals surface area contributed by atoms with Crippen molar-refractivity contribution in [3.05, 3.63) is 66.4 Å². The van der Waals surface area contributed by atoms with Crippen LogP contribution in [0.2, 0.25) is 0 Å². The van der Waals surface area contributed by atoms with E-state index in [1.165, 1.54) is 11.1 Å². The van der Waals surface area contributed by atoms with E-state index in [0.29, 0.717) is 5.92 Å². The van der Waals surface area contributed by atoms with E-state index in [0.717, 1.165) is 16.8 Å². The predicted molar refractivity (Wildman–Crippen MR) is 83.5 cm³/mol. The fourth-order valence-electron chi connectivity index (χ4n) is 2.38. The van der Waals surface area contributed by atoms with Gasteiger partial charge in [0.2, 0.25) is 0 Å². The second-order valence-corrected chi connectivity index (χ2v) is 5.30. The molecule has 0 radical (unpaired) electrons. The van der Waals surface area contributed by atoms with Gasteiger partial charge in [-0.05, 0) is 17.0 Å². The van der Waals surface area contributed by atoms with Crippen LogP contribution >= 0.6 is 0 Å². The Balaban J connectivity index is 2.01. The van der Waals surface area contributed by atoms with Gasteiger partial charge in [-0.3, -0.25) is 5.10 Å². The third-order valence-corrected chi connectivity index (χ3v) is 3.59. The van der Waals surface area contributed by atoms with Gasteiger partial charge in [-0.25, -0.2) is 0 Å². The summed E-state index contributed by atoms with van der Waals surface area (Å²) in [5, 5.41) is 7.32. The Morgan fingerprint density at radius 2 is 1.55 bits per heavy atom. The highest BCUT2D eigenvalue weighted by Gasteiger charge is 2.09. The molecule has 0 atom stereocenters. The molecule has 0 aliphatic carbocycles. The Morgan fingerprint density at radius 1 is 0.850 bits per heavy atom. The molecule has 1 heterocycles. The van der Waals surface area contributed by atoms with Crippen molar-refractivity contribution in [3.63, 3.8) is 0 Å². The highest BCUT2D eigenvalue weighted by molar-refractivity contribution is 5.80. The first-order valence-corrected chi connectivity index (χ1v) is 6.95. The maximum absolute atomic E-state index is 4.21. The first-order chi connectivity index (χ1) is 9.75. The molecule has 0 spiro atoms. The van der Waals surface area contributed by atoms with E-state index in [4.69, 9.17) is 0 Å². The van der Waals surface area contributed by atoms with Crippen molar-refractivity contribution in [3.8, 4) is 22.4 Å². The zero-order valence-electron chi connectivity index (χ0n) is 11.8. The summed E-state index contributed by atoms with van der Waals surface area (Å²) in [6.07, 6.45) is 1.90. The number of aromatic amines is 1. The largest absolute Gasteiger partial charge is 0.277 e. The summed E-state index contributed by atoms with van der Waals surface area (Å²) >= 11 is 0. The summed E-state index contributed by atoms with van der Waals surface area (Å²) in [5.41, 5.74) is 5.93. The van der Waals surface area contributed by atoms with Crippen LogP contribution in [0.4, 0.5) is 0 Å². The molecule has 0 bridgehead atoms. The zero-order chi connectivity index (χ0) is 13.9. The summed E-state index contributed by atoms with van der Waals surface area (Å²) in [5.74, 6) is 0.557. The maximum Gasteiger partial charge on any atom is 0.0728 e. The molecule has 2 nitrogen and oxygen atoms in total. The molecule has 20 heavy (non-hydrogen) atoms. The van der Waals surface area contributed by atoms with Crippen LogP contribution in [0.25, 0.3) is 22.4 Å². The van der Waals surface area contributed by atoms with Gasteiger partial charge in [-0.2, -0.15) is 5.10 Å². The van der Waals surface area contributed by atoms with E-state index in [1.807, 2.05) is 24.4 Å². The lowest BCUT2D eigenvalue weighted by Gasteiger charge is -2.07. The smallest absolute Gasteiger partial charge is 0.0728 e. The van der Waals surface area contributed by atoms with E-state index in [-0.39, 0.29) is 0 Å². The van der Waals surface area contributed by atoms with Crippen molar-refractivity contribution in [1.82, 2.24) is 10.2 Å². The van der Waals surface area contributed by atoms with Crippen LogP contribution in [-0.4, -0.2) is 10.2 Å². The number of benzene rings is 2. The summed E-state index contributed by atoms with van der Waals surface area (Å²) in [7, 11) is 0. The van der Waals surface area contributed by atoms with Crippen LogP contribution in [0.1, 0.15) is 25.3 Å². The summed E-state index contributed by atoms with van der Waals surface area (Å²) in [4.78, 5) is 0. The van der Waals surface area contributed by atoms with Gasteiger partial charge in [0.15, 0.2) is 0 Å². The Kier molecular flexibility index (Phi) is 3.38. The summed E-state index contributed by atoms with van der Waals surface area (Å²) < 4.78 is 0. The number of H-pyrrole nitrogens is 1. The standard InChI is InChI=1S/C18H18N2/c1-13(2)14-8-10-15(11-9-14)17-12-19-20-18(17)16-6-4-3-5-7-16/h3-13H,1-2H3,(H,19,20). The Hall–Kier alpha value is -2.35. The third-order valence-electron chi connectivity index (χ3n) is 3.59. The molecule has 0 saturated carbocycles. The molecule has 1 aromatic heterocycles. The monoisotopic (exact) mass is 262 g/mol. The zero-order valence-corrected chi connectivity index (χ0v) is 11.8. The third kappa shape index (κ3) is 2.37. The van der Waals surface area contributed by atoms with Gasteiger partial charge in [-0.1, -0.05) is 68.4 Å². The van der Waals surface area contributed by atoms with Crippen LogP contribution in [0, 0.1) is 0 Å². The molecule has 3 rings (SSSR count). The molecule has 0 aliphatic rings. The van der Waals surface area contributed by atoms with Crippen LogP contribution < -0.4 is 0 Å². The predicted octanol–water partition coefficient (Wildman–Crippen LogP) is 4.87. The van der Waals surface area contributed by atoms with Crippen LogP contribution in [0.5, 0.6) is 0 Å². The van der Waals surface area contributed by atoms with Gasteiger partial charge in [0.05, 0.1) is 11.9 Å². The lowest BCUT2D eigenvalue weighted by molar-refractivity contribution is 0.867. The van der Waals surface area contributed by atoms with Crippen molar-refractivity contribution in [1.29, 1.82) is 0 Å². The van der Waals surface area contributed by atoms with Crippen molar-refractivity contribution in [2.75, 3.05) is 0 Å². The van der Waals surface area contributed by atoms with Gasteiger partial charge in [0.1, 0.15) is 0 Å². The number of hydrogen-bond donors (Lipinski definition) is 1. The first kappa shape index (κ1) is 12.7. The van der Waals surface area contributed by atoms with Crippen LogP contribution in [0.15, 0.2) is 60.8 Å².